The highest BCUT2D eigenvalue weighted by Gasteiger charge is 2.27. The lowest BCUT2D eigenvalue weighted by Crippen LogP contribution is -2.29. The summed E-state index contributed by atoms with van der Waals surface area (Å²) in [6, 6.07) is 7.98. The van der Waals surface area contributed by atoms with Crippen LogP contribution in [-0.4, -0.2) is 27.6 Å². The number of hydrogen-bond acceptors (Lipinski definition) is 3. The third-order valence-electron chi connectivity index (χ3n) is 3.34. The van der Waals surface area contributed by atoms with E-state index in [-0.39, 0.29) is 11.7 Å². The van der Waals surface area contributed by atoms with Crippen molar-refractivity contribution < 1.29 is 4.79 Å². The van der Waals surface area contributed by atoms with Gasteiger partial charge in [-0.05, 0) is 24.5 Å². The number of aromatic nitrogens is 3. The second kappa shape index (κ2) is 4.84. The Balaban J connectivity index is 1.85. The van der Waals surface area contributed by atoms with Gasteiger partial charge in [0, 0.05) is 18.7 Å². The maximum absolute atomic E-state index is 12.4. The second-order valence-electron chi connectivity index (χ2n) is 4.69. The van der Waals surface area contributed by atoms with Gasteiger partial charge < -0.3 is 4.90 Å². The van der Waals surface area contributed by atoms with Crippen LogP contribution in [0.4, 0.5) is 5.69 Å². The van der Waals surface area contributed by atoms with E-state index in [1.165, 1.54) is 5.56 Å². The van der Waals surface area contributed by atoms with E-state index in [1.807, 2.05) is 18.2 Å². The van der Waals surface area contributed by atoms with Gasteiger partial charge in [-0.15, -0.1) is 5.10 Å². The van der Waals surface area contributed by atoms with E-state index in [0.717, 1.165) is 30.8 Å². The Kier molecular flexibility index (Phi) is 3.03. The van der Waals surface area contributed by atoms with Crippen LogP contribution in [0.25, 0.3) is 0 Å². The van der Waals surface area contributed by atoms with Crippen molar-refractivity contribution in [1.29, 1.82) is 0 Å². The molecule has 1 aromatic heterocycles. The smallest absolute Gasteiger partial charge is 0.297 e. The minimum Gasteiger partial charge on any atom is -0.305 e. The number of aromatic amines is 1. The molecule has 1 aliphatic heterocycles. The third kappa shape index (κ3) is 2.12. The summed E-state index contributed by atoms with van der Waals surface area (Å²) in [6.45, 7) is 2.77. The van der Waals surface area contributed by atoms with Crippen LogP contribution >= 0.6 is 0 Å². The van der Waals surface area contributed by atoms with Crippen LogP contribution in [0.1, 0.15) is 35.4 Å². The number of carbonyl (C=O) groups excluding carboxylic acids is 1. The molecule has 1 amide bonds. The number of rotatable bonds is 3. The average Bonchev–Trinajstić information content (AvgIpc) is 3.05. The number of nitrogens with zero attached hydrogens (tertiary/aromatic N) is 3. The number of amides is 1. The number of anilines is 1. The van der Waals surface area contributed by atoms with Gasteiger partial charge >= 0.3 is 0 Å². The molecule has 3 rings (SSSR count). The quantitative estimate of drug-likeness (QED) is 0.913. The molecule has 0 atom stereocenters. The molecule has 19 heavy (non-hydrogen) atoms. The van der Waals surface area contributed by atoms with E-state index in [1.54, 1.807) is 4.90 Å². The first-order valence-corrected chi connectivity index (χ1v) is 6.60. The zero-order valence-corrected chi connectivity index (χ0v) is 10.9. The molecular weight excluding hydrogens is 240 g/mol. The molecular formula is C14H16N4O. The minimum atomic E-state index is -0.122. The molecule has 0 saturated heterocycles. The summed E-state index contributed by atoms with van der Waals surface area (Å²) < 4.78 is 0. The highest BCUT2D eigenvalue weighted by atomic mass is 16.2. The highest BCUT2D eigenvalue weighted by Crippen LogP contribution is 2.28. The summed E-state index contributed by atoms with van der Waals surface area (Å²) in [7, 11) is 0. The van der Waals surface area contributed by atoms with Gasteiger partial charge in [0.1, 0.15) is 5.82 Å². The third-order valence-corrected chi connectivity index (χ3v) is 3.34. The fourth-order valence-electron chi connectivity index (χ4n) is 2.41. The molecule has 1 aromatic carbocycles. The number of H-pyrrole nitrogens is 1. The van der Waals surface area contributed by atoms with E-state index in [0.29, 0.717) is 6.54 Å². The fraction of sp³-hybridized carbons (Fsp3) is 0.357. The first-order valence-electron chi connectivity index (χ1n) is 6.60. The van der Waals surface area contributed by atoms with Crippen molar-refractivity contribution in [2.75, 3.05) is 11.4 Å². The van der Waals surface area contributed by atoms with Gasteiger partial charge in [-0.2, -0.15) is 0 Å². The lowest BCUT2D eigenvalue weighted by molar-refractivity contribution is 0.0980. The number of fused-ring (bicyclic) bond motifs is 1. The van der Waals surface area contributed by atoms with Crippen LogP contribution in [0.3, 0.4) is 0 Å². The van der Waals surface area contributed by atoms with Gasteiger partial charge in [0.05, 0.1) is 0 Å². The van der Waals surface area contributed by atoms with Crippen LogP contribution in [0.2, 0.25) is 0 Å². The summed E-state index contributed by atoms with van der Waals surface area (Å²) in [5, 5.41) is 6.85. The van der Waals surface area contributed by atoms with Crippen molar-refractivity contribution in [3.63, 3.8) is 0 Å². The fourth-order valence-corrected chi connectivity index (χ4v) is 2.41. The first-order chi connectivity index (χ1) is 9.29. The van der Waals surface area contributed by atoms with Crippen molar-refractivity contribution in [1.82, 2.24) is 15.2 Å². The van der Waals surface area contributed by atoms with Crippen molar-refractivity contribution in [2.24, 2.45) is 0 Å². The topological polar surface area (TPSA) is 61.9 Å². The van der Waals surface area contributed by atoms with Gasteiger partial charge in [-0.1, -0.05) is 25.1 Å². The van der Waals surface area contributed by atoms with Crippen molar-refractivity contribution >= 4 is 11.6 Å². The number of hydrogen-bond donors (Lipinski definition) is 1. The molecule has 0 spiro atoms. The number of benzene rings is 1. The maximum atomic E-state index is 12.4. The Morgan fingerprint density at radius 3 is 3.11 bits per heavy atom. The highest BCUT2D eigenvalue weighted by molar-refractivity contribution is 6.04. The van der Waals surface area contributed by atoms with Gasteiger partial charge in [0.15, 0.2) is 0 Å². The number of nitrogens with one attached hydrogen (secondary N) is 1. The summed E-state index contributed by atoms with van der Waals surface area (Å²) in [5.74, 6) is 0.919. The van der Waals surface area contributed by atoms with Crippen LogP contribution in [0.15, 0.2) is 24.3 Å². The average molecular weight is 256 g/mol. The molecule has 0 bridgehead atoms. The van der Waals surface area contributed by atoms with Crippen molar-refractivity contribution in [3.05, 3.63) is 41.5 Å². The molecule has 0 saturated carbocycles. The van der Waals surface area contributed by atoms with Crippen LogP contribution in [0, 0.1) is 0 Å². The summed E-state index contributed by atoms with van der Waals surface area (Å²) in [5.41, 5.74) is 2.19. The van der Waals surface area contributed by atoms with E-state index in [2.05, 4.69) is 28.2 Å². The van der Waals surface area contributed by atoms with E-state index >= 15 is 0 Å². The van der Waals surface area contributed by atoms with Gasteiger partial charge in [0.2, 0.25) is 5.82 Å². The molecule has 1 aliphatic rings. The largest absolute Gasteiger partial charge is 0.305 e. The second-order valence-corrected chi connectivity index (χ2v) is 4.69. The maximum Gasteiger partial charge on any atom is 0.297 e. The molecule has 0 fully saturated rings. The molecule has 2 heterocycles. The molecule has 0 radical (unpaired) electrons. The van der Waals surface area contributed by atoms with E-state index in [9.17, 15) is 4.79 Å². The van der Waals surface area contributed by atoms with Gasteiger partial charge in [-0.25, -0.2) is 4.98 Å². The Morgan fingerprint density at radius 1 is 1.42 bits per heavy atom. The molecule has 98 valence electrons. The number of para-hydroxylation sites is 1. The Hall–Kier alpha value is -2.17. The molecule has 0 aliphatic carbocycles. The molecule has 5 nitrogen and oxygen atoms in total. The molecule has 5 heteroatoms. The normalized spacial score (nSPS) is 13.6. The molecule has 1 N–H and O–H groups in total. The van der Waals surface area contributed by atoms with E-state index < -0.39 is 0 Å². The van der Waals surface area contributed by atoms with Crippen LogP contribution in [-0.2, 0) is 12.8 Å². The van der Waals surface area contributed by atoms with Gasteiger partial charge in [0.25, 0.3) is 5.91 Å². The lowest BCUT2D eigenvalue weighted by atomic mass is 10.2. The Morgan fingerprint density at radius 2 is 2.26 bits per heavy atom. The van der Waals surface area contributed by atoms with Crippen molar-refractivity contribution in [3.8, 4) is 0 Å². The van der Waals surface area contributed by atoms with Crippen LogP contribution < -0.4 is 4.90 Å². The van der Waals surface area contributed by atoms with Gasteiger partial charge in [-0.3, -0.25) is 9.89 Å². The Labute approximate surface area is 111 Å². The standard InChI is InChI=1S/C14H16N4O/c1-2-5-12-15-13(17-16-12)14(19)18-9-8-10-6-3-4-7-11(10)18/h3-4,6-7H,2,5,8-9H2,1H3,(H,15,16,17). The zero-order chi connectivity index (χ0) is 13.2. The predicted molar refractivity (Wildman–Crippen MR) is 72.2 cm³/mol. The predicted octanol–water partition coefficient (Wildman–Crippen LogP) is 1.96. The van der Waals surface area contributed by atoms with Crippen LogP contribution in [0.5, 0.6) is 0 Å². The lowest BCUT2D eigenvalue weighted by Gasteiger charge is -2.14. The van der Waals surface area contributed by atoms with E-state index in [4.69, 9.17) is 0 Å². The monoisotopic (exact) mass is 256 g/mol. The SMILES string of the molecule is CCCc1nc(C(=O)N2CCc3ccccc32)n[nH]1. The minimum absolute atomic E-state index is 0.122. The summed E-state index contributed by atoms with van der Waals surface area (Å²) in [4.78, 5) is 18.4. The van der Waals surface area contributed by atoms with Crippen molar-refractivity contribution in [2.45, 2.75) is 26.2 Å². The summed E-state index contributed by atoms with van der Waals surface area (Å²) in [6.07, 6.45) is 2.69. The molecule has 0 unspecified atom stereocenters. The Bertz CT molecular complexity index is 605. The summed E-state index contributed by atoms with van der Waals surface area (Å²) >= 11 is 0. The number of aryl methyl sites for hydroxylation is 1. The first kappa shape index (κ1) is 11.9. The number of carbonyl (C=O) groups is 1. The molecule has 2 aromatic rings. The zero-order valence-electron chi connectivity index (χ0n) is 10.9.